The van der Waals surface area contributed by atoms with Gasteiger partial charge in [-0.3, -0.25) is 4.79 Å². The summed E-state index contributed by atoms with van der Waals surface area (Å²) in [5.74, 6) is -0.236. The minimum absolute atomic E-state index is 0.00571. The van der Waals surface area contributed by atoms with Crippen LogP contribution in [0.1, 0.15) is 35.2 Å². The van der Waals surface area contributed by atoms with Gasteiger partial charge in [-0.2, -0.15) is 0 Å². The molecule has 0 radical (unpaired) electrons. The third-order valence-corrected chi connectivity index (χ3v) is 4.84. The molecular formula is C14H18ClNO4S. The van der Waals surface area contributed by atoms with Gasteiger partial charge < -0.3 is 10.1 Å². The lowest BCUT2D eigenvalue weighted by atomic mass is 10.1. The van der Waals surface area contributed by atoms with E-state index in [1.54, 1.807) is 6.92 Å². The van der Waals surface area contributed by atoms with Gasteiger partial charge >= 0.3 is 0 Å². The molecular weight excluding hydrogens is 314 g/mol. The number of hydrogen-bond donors (Lipinski definition) is 1. The highest BCUT2D eigenvalue weighted by Gasteiger charge is 2.17. The molecule has 1 aliphatic rings. The highest BCUT2D eigenvalue weighted by molar-refractivity contribution is 8.13. The minimum Gasteiger partial charge on any atom is -0.376 e. The number of hydrogen-bond acceptors (Lipinski definition) is 4. The van der Waals surface area contributed by atoms with Crippen molar-refractivity contribution in [1.82, 2.24) is 5.32 Å². The summed E-state index contributed by atoms with van der Waals surface area (Å²) >= 11 is 0. The van der Waals surface area contributed by atoms with Crippen LogP contribution in [0, 0.1) is 6.92 Å². The molecule has 0 aromatic heterocycles. The van der Waals surface area contributed by atoms with Crippen molar-refractivity contribution in [3.8, 4) is 0 Å². The van der Waals surface area contributed by atoms with Crippen LogP contribution in [0.2, 0.25) is 0 Å². The smallest absolute Gasteiger partial charge is 0.261 e. The van der Waals surface area contributed by atoms with Crippen LogP contribution < -0.4 is 5.32 Å². The summed E-state index contributed by atoms with van der Waals surface area (Å²) < 4.78 is 28.0. The topological polar surface area (TPSA) is 72.5 Å². The third kappa shape index (κ3) is 4.43. The lowest BCUT2D eigenvalue weighted by molar-refractivity contribution is 0.0169. The predicted octanol–water partition coefficient (Wildman–Crippen LogP) is 2.22. The summed E-state index contributed by atoms with van der Waals surface area (Å²) in [7, 11) is 1.50. The van der Waals surface area contributed by atoms with Crippen LogP contribution >= 0.6 is 10.7 Å². The van der Waals surface area contributed by atoms with Crippen LogP contribution in [0.4, 0.5) is 0 Å². The van der Waals surface area contributed by atoms with E-state index in [1.807, 2.05) is 0 Å². The molecule has 116 valence electrons. The van der Waals surface area contributed by atoms with Gasteiger partial charge in [0.25, 0.3) is 15.0 Å². The van der Waals surface area contributed by atoms with Crippen LogP contribution in [-0.4, -0.2) is 33.6 Å². The maximum absolute atomic E-state index is 12.1. The highest BCUT2D eigenvalue weighted by atomic mass is 35.7. The number of carbonyl (C=O) groups excluding carboxylic acids is 1. The molecule has 1 fully saturated rings. The van der Waals surface area contributed by atoms with Gasteiger partial charge in [-0.05, 0) is 49.9 Å². The van der Waals surface area contributed by atoms with E-state index in [0.717, 1.165) is 25.9 Å². The Labute approximate surface area is 129 Å². The summed E-state index contributed by atoms with van der Waals surface area (Å²) in [4.78, 5) is 12.1. The SMILES string of the molecule is Cc1cc(S(=O)(=O)Cl)ccc1C(=O)NCC1CCCCO1. The largest absolute Gasteiger partial charge is 0.376 e. The maximum Gasteiger partial charge on any atom is 0.261 e. The number of carbonyl (C=O) groups is 1. The van der Waals surface area contributed by atoms with Gasteiger partial charge in [-0.1, -0.05) is 0 Å². The second-order valence-corrected chi connectivity index (χ2v) is 7.68. The fourth-order valence-electron chi connectivity index (χ4n) is 2.31. The Morgan fingerprint density at radius 3 is 2.76 bits per heavy atom. The minimum atomic E-state index is -3.78. The first kappa shape index (κ1) is 16.3. The average Bonchev–Trinajstić information content (AvgIpc) is 2.45. The van der Waals surface area contributed by atoms with Crippen molar-refractivity contribution in [2.24, 2.45) is 0 Å². The van der Waals surface area contributed by atoms with Crippen LogP contribution in [0.15, 0.2) is 23.1 Å². The number of ether oxygens (including phenoxy) is 1. The number of nitrogens with one attached hydrogen (secondary N) is 1. The van der Waals surface area contributed by atoms with E-state index in [1.165, 1.54) is 18.2 Å². The van der Waals surface area contributed by atoms with Gasteiger partial charge in [0.2, 0.25) is 0 Å². The normalized spacial score (nSPS) is 19.2. The first-order valence-corrected chi connectivity index (χ1v) is 9.14. The molecule has 7 heteroatoms. The van der Waals surface area contributed by atoms with Gasteiger partial charge in [-0.25, -0.2) is 8.42 Å². The number of aryl methyl sites for hydroxylation is 1. The average molecular weight is 332 g/mol. The van der Waals surface area contributed by atoms with Gasteiger partial charge in [0.05, 0.1) is 11.0 Å². The molecule has 1 heterocycles. The molecule has 1 saturated heterocycles. The van der Waals surface area contributed by atoms with Gasteiger partial charge in [0, 0.05) is 29.4 Å². The summed E-state index contributed by atoms with van der Waals surface area (Å²) in [5, 5.41) is 2.82. The van der Waals surface area contributed by atoms with Gasteiger partial charge in [-0.15, -0.1) is 0 Å². The zero-order chi connectivity index (χ0) is 15.5. The summed E-state index contributed by atoms with van der Waals surface area (Å²) in [6.07, 6.45) is 3.19. The standard InChI is InChI=1S/C14H18ClNO4S/c1-10-8-12(21(15,18)19)5-6-13(10)14(17)16-9-11-4-2-3-7-20-11/h5-6,8,11H,2-4,7,9H2,1H3,(H,16,17). The van der Waals surface area contributed by atoms with E-state index in [0.29, 0.717) is 17.7 Å². The Kier molecular flexibility index (Phi) is 5.24. The summed E-state index contributed by atoms with van der Waals surface area (Å²) in [6, 6.07) is 4.21. The molecule has 1 N–H and O–H groups in total. The molecule has 1 aliphatic heterocycles. The predicted molar refractivity (Wildman–Crippen MR) is 80.1 cm³/mol. The Morgan fingerprint density at radius 2 is 2.19 bits per heavy atom. The summed E-state index contributed by atoms with van der Waals surface area (Å²) in [5.41, 5.74) is 1.01. The van der Waals surface area contributed by atoms with E-state index >= 15 is 0 Å². The quantitative estimate of drug-likeness (QED) is 0.859. The first-order valence-electron chi connectivity index (χ1n) is 6.83. The van der Waals surface area contributed by atoms with E-state index in [4.69, 9.17) is 15.4 Å². The van der Waals surface area contributed by atoms with Crippen LogP contribution in [0.5, 0.6) is 0 Å². The van der Waals surface area contributed by atoms with Crippen molar-refractivity contribution in [3.63, 3.8) is 0 Å². The van der Waals surface area contributed by atoms with Crippen molar-refractivity contribution in [2.75, 3.05) is 13.2 Å². The van der Waals surface area contributed by atoms with Gasteiger partial charge in [0.1, 0.15) is 0 Å². The fourth-order valence-corrected chi connectivity index (χ4v) is 3.15. The van der Waals surface area contributed by atoms with Crippen molar-refractivity contribution in [2.45, 2.75) is 37.2 Å². The molecule has 0 aliphatic carbocycles. The van der Waals surface area contributed by atoms with E-state index in [2.05, 4.69) is 5.32 Å². The van der Waals surface area contributed by atoms with E-state index in [-0.39, 0.29) is 16.9 Å². The number of halogens is 1. The molecule has 1 unspecified atom stereocenters. The zero-order valence-corrected chi connectivity index (χ0v) is 13.3. The van der Waals surface area contributed by atoms with Gasteiger partial charge in [0.15, 0.2) is 0 Å². The number of rotatable bonds is 4. The first-order chi connectivity index (χ1) is 9.88. The fraction of sp³-hybridized carbons (Fsp3) is 0.500. The monoisotopic (exact) mass is 331 g/mol. The van der Waals surface area contributed by atoms with E-state index < -0.39 is 9.05 Å². The van der Waals surface area contributed by atoms with Crippen LogP contribution in [0.25, 0.3) is 0 Å². The van der Waals surface area contributed by atoms with Crippen molar-refractivity contribution in [3.05, 3.63) is 29.3 Å². The molecule has 1 amide bonds. The molecule has 1 aromatic carbocycles. The lowest BCUT2D eigenvalue weighted by Gasteiger charge is -2.22. The van der Waals surface area contributed by atoms with E-state index in [9.17, 15) is 13.2 Å². The Bertz CT molecular complexity index is 624. The molecule has 0 spiro atoms. The molecule has 5 nitrogen and oxygen atoms in total. The molecule has 0 bridgehead atoms. The Balaban J connectivity index is 2.02. The Morgan fingerprint density at radius 1 is 1.43 bits per heavy atom. The second kappa shape index (κ2) is 6.77. The van der Waals surface area contributed by atoms with Crippen LogP contribution in [0.3, 0.4) is 0 Å². The maximum atomic E-state index is 12.1. The van der Waals surface area contributed by atoms with Crippen LogP contribution in [-0.2, 0) is 13.8 Å². The van der Waals surface area contributed by atoms with Crippen molar-refractivity contribution in [1.29, 1.82) is 0 Å². The molecule has 2 rings (SSSR count). The third-order valence-electron chi connectivity index (χ3n) is 3.49. The lowest BCUT2D eigenvalue weighted by Crippen LogP contribution is -2.35. The molecule has 0 saturated carbocycles. The Hall–Kier alpha value is -1.11. The van der Waals surface area contributed by atoms with Crippen molar-refractivity contribution < 1.29 is 17.9 Å². The zero-order valence-electron chi connectivity index (χ0n) is 11.8. The second-order valence-electron chi connectivity index (χ2n) is 5.11. The molecule has 1 atom stereocenters. The molecule has 21 heavy (non-hydrogen) atoms. The van der Waals surface area contributed by atoms with Crippen molar-refractivity contribution >= 4 is 25.6 Å². The molecule has 1 aromatic rings. The highest BCUT2D eigenvalue weighted by Crippen LogP contribution is 2.19. The summed E-state index contributed by atoms with van der Waals surface area (Å²) in [6.45, 7) is 2.88. The number of amides is 1. The number of benzene rings is 1.